The number of likely N-dealkylation sites (N-methyl/N-ethyl adjacent to an activating group) is 1. The fourth-order valence-corrected chi connectivity index (χ4v) is 2.69. The number of carbonyl (C=O) groups is 1. The third-order valence-corrected chi connectivity index (χ3v) is 4.22. The van der Waals surface area contributed by atoms with Crippen LogP contribution in [0, 0.1) is 0 Å². The number of hydrogen-bond acceptors (Lipinski definition) is 4. The third kappa shape index (κ3) is 6.05. The van der Waals surface area contributed by atoms with Gasteiger partial charge in [-0.05, 0) is 55.3 Å². The molecule has 2 aromatic carbocycles. The Morgan fingerprint density at radius 2 is 1.71 bits per heavy atom. The largest absolute Gasteiger partial charge is 0.493 e. The molecule has 5 nitrogen and oxygen atoms in total. The van der Waals surface area contributed by atoms with Crippen LogP contribution in [0.4, 0.5) is 5.69 Å². The van der Waals surface area contributed by atoms with E-state index in [2.05, 4.69) is 12.1 Å². The molecule has 0 aliphatic carbocycles. The number of amides is 1. The number of ether oxygens (including phenoxy) is 2. The highest BCUT2D eigenvalue weighted by atomic mass is 16.5. The van der Waals surface area contributed by atoms with Crippen LogP contribution in [0.2, 0.25) is 0 Å². The average molecular weight is 383 g/mol. The average Bonchev–Trinajstić information content (AvgIpc) is 2.66. The fourth-order valence-electron chi connectivity index (χ4n) is 2.69. The Hall–Kier alpha value is -2.95. The summed E-state index contributed by atoms with van der Waals surface area (Å²) in [5, 5.41) is 0. The Morgan fingerprint density at radius 1 is 1.04 bits per heavy atom. The Bertz CT molecular complexity index is 811. The molecule has 0 N–H and O–H groups in total. The van der Waals surface area contributed by atoms with Crippen molar-refractivity contribution in [2.45, 2.75) is 26.5 Å². The first kappa shape index (κ1) is 21.4. The summed E-state index contributed by atoms with van der Waals surface area (Å²) in [5.41, 5.74) is 3.10. The van der Waals surface area contributed by atoms with Crippen LogP contribution in [-0.4, -0.2) is 45.2 Å². The summed E-state index contributed by atoms with van der Waals surface area (Å²) >= 11 is 0. The van der Waals surface area contributed by atoms with Gasteiger partial charge in [-0.15, -0.1) is 0 Å². The first-order chi connectivity index (χ1) is 13.3. The predicted octanol–water partition coefficient (Wildman–Crippen LogP) is 4.22. The van der Waals surface area contributed by atoms with Crippen LogP contribution < -0.4 is 14.4 Å². The second kappa shape index (κ2) is 9.83. The molecule has 0 heterocycles. The van der Waals surface area contributed by atoms with Crippen LogP contribution in [0.3, 0.4) is 0 Å². The molecule has 0 saturated heterocycles. The summed E-state index contributed by atoms with van der Waals surface area (Å²) in [7, 11) is 7.42. The molecule has 0 radical (unpaired) electrons. The lowest BCUT2D eigenvalue weighted by Gasteiger charge is -2.17. The molecule has 0 atom stereocenters. The molecule has 0 spiro atoms. The Balaban J connectivity index is 2.01. The van der Waals surface area contributed by atoms with Crippen molar-refractivity contribution < 1.29 is 14.3 Å². The van der Waals surface area contributed by atoms with Gasteiger partial charge in [0.25, 0.3) is 0 Å². The number of anilines is 1. The van der Waals surface area contributed by atoms with Gasteiger partial charge in [0.1, 0.15) is 0 Å². The maximum atomic E-state index is 12.4. The molecule has 28 heavy (non-hydrogen) atoms. The van der Waals surface area contributed by atoms with Gasteiger partial charge >= 0.3 is 0 Å². The van der Waals surface area contributed by atoms with E-state index in [1.54, 1.807) is 31.2 Å². The molecule has 5 heteroatoms. The van der Waals surface area contributed by atoms with Crippen LogP contribution in [0.1, 0.15) is 25.0 Å². The maximum Gasteiger partial charge on any atom is 0.246 e. The van der Waals surface area contributed by atoms with Crippen LogP contribution in [0.5, 0.6) is 11.5 Å². The van der Waals surface area contributed by atoms with Crippen LogP contribution >= 0.6 is 0 Å². The normalized spacial score (nSPS) is 11.0. The van der Waals surface area contributed by atoms with Crippen LogP contribution in [0.15, 0.2) is 48.5 Å². The van der Waals surface area contributed by atoms with E-state index >= 15 is 0 Å². The molecule has 2 aromatic rings. The molecule has 0 aliphatic rings. The Morgan fingerprint density at radius 3 is 2.29 bits per heavy atom. The van der Waals surface area contributed by atoms with Crippen molar-refractivity contribution in [2.75, 3.05) is 33.2 Å². The zero-order chi connectivity index (χ0) is 20.7. The molecule has 0 aliphatic heterocycles. The van der Waals surface area contributed by atoms with E-state index in [1.165, 1.54) is 0 Å². The molecule has 0 aromatic heterocycles. The lowest BCUT2D eigenvalue weighted by atomic mass is 10.1. The van der Waals surface area contributed by atoms with Crippen molar-refractivity contribution in [3.05, 3.63) is 59.7 Å². The van der Waals surface area contributed by atoms with Gasteiger partial charge in [-0.25, -0.2) is 0 Å². The first-order valence-corrected chi connectivity index (χ1v) is 9.34. The number of hydrogen-bond donors (Lipinski definition) is 0. The quantitative estimate of drug-likeness (QED) is 0.641. The summed E-state index contributed by atoms with van der Waals surface area (Å²) < 4.78 is 11.1. The van der Waals surface area contributed by atoms with Gasteiger partial charge in [-0.1, -0.05) is 18.2 Å². The summed E-state index contributed by atoms with van der Waals surface area (Å²) in [4.78, 5) is 16.2. The van der Waals surface area contributed by atoms with E-state index in [0.717, 1.165) is 16.8 Å². The number of methoxy groups -OCH3 is 1. The summed E-state index contributed by atoms with van der Waals surface area (Å²) in [6.45, 7) is 4.49. The van der Waals surface area contributed by atoms with Gasteiger partial charge < -0.3 is 19.3 Å². The van der Waals surface area contributed by atoms with Gasteiger partial charge in [0.15, 0.2) is 11.5 Å². The van der Waals surface area contributed by atoms with Crippen molar-refractivity contribution in [2.24, 2.45) is 0 Å². The molecular formula is C23H30N2O3. The Labute approximate surface area is 168 Å². The molecular weight excluding hydrogens is 352 g/mol. The molecule has 0 bridgehead atoms. The standard InChI is InChI=1S/C23H30N2O3/c1-17(2)28-21-13-9-18(15-22(21)27-6)10-14-23(26)25(5)16-19-7-11-20(12-8-19)24(3)4/h7-15,17H,16H2,1-6H3/b14-10+. The number of carbonyl (C=O) groups excluding carboxylic acids is 1. The minimum Gasteiger partial charge on any atom is -0.493 e. The summed E-state index contributed by atoms with van der Waals surface area (Å²) in [6, 6.07) is 13.8. The van der Waals surface area contributed by atoms with Crippen molar-refractivity contribution in [1.82, 2.24) is 4.90 Å². The fraction of sp³-hybridized carbons (Fsp3) is 0.348. The van der Waals surface area contributed by atoms with E-state index in [4.69, 9.17) is 9.47 Å². The van der Waals surface area contributed by atoms with Crippen molar-refractivity contribution in [1.29, 1.82) is 0 Å². The van der Waals surface area contributed by atoms with Crippen molar-refractivity contribution in [3.8, 4) is 11.5 Å². The van der Waals surface area contributed by atoms with Crippen LogP contribution in [-0.2, 0) is 11.3 Å². The monoisotopic (exact) mass is 382 g/mol. The topological polar surface area (TPSA) is 42.0 Å². The van der Waals surface area contributed by atoms with E-state index < -0.39 is 0 Å². The SMILES string of the molecule is COc1cc(/C=C/C(=O)N(C)Cc2ccc(N(C)C)cc2)ccc1OC(C)C. The van der Waals surface area contributed by atoms with Gasteiger partial charge in [-0.3, -0.25) is 4.79 Å². The van der Waals surface area contributed by atoms with Gasteiger partial charge in [0.05, 0.1) is 13.2 Å². The third-order valence-electron chi connectivity index (χ3n) is 4.22. The first-order valence-electron chi connectivity index (χ1n) is 9.34. The van der Waals surface area contributed by atoms with Gasteiger partial charge in [0, 0.05) is 39.5 Å². The van der Waals surface area contributed by atoms with Crippen LogP contribution in [0.25, 0.3) is 6.08 Å². The highest BCUT2D eigenvalue weighted by Gasteiger charge is 2.09. The lowest BCUT2D eigenvalue weighted by Crippen LogP contribution is -2.24. The van der Waals surface area contributed by atoms with Crippen molar-refractivity contribution >= 4 is 17.7 Å². The minimum absolute atomic E-state index is 0.0573. The lowest BCUT2D eigenvalue weighted by molar-refractivity contribution is -0.125. The maximum absolute atomic E-state index is 12.4. The number of benzene rings is 2. The smallest absolute Gasteiger partial charge is 0.246 e. The molecule has 0 unspecified atom stereocenters. The van der Waals surface area contributed by atoms with Crippen molar-refractivity contribution in [3.63, 3.8) is 0 Å². The van der Waals surface area contributed by atoms with E-state index in [0.29, 0.717) is 18.0 Å². The summed E-state index contributed by atoms with van der Waals surface area (Å²) in [5.74, 6) is 1.29. The zero-order valence-electron chi connectivity index (χ0n) is 17.6. The molecule has 150 valence electrons. The summed E-state index contributed by atoms with van der Waals surface area (Å²) in [6.07, 6.45) is 3.43. The highest BCUT2D eigenvalue weighted by molar-refractivity contribution is 5.91. The predicted molar refractivity (Wildman–Crippen MR) is 115 cm³/mol. The molecule has 0 saturated carbocycles. The molecule has 2 rings (SSSR count). The second-order valence-electron chi connectivity index (χ2n) is 7.17. The second-order valence-corrected chi connectivity index (χ2v) is 7.17. The highest BCUT2D eigenvalue weighted by Crippen LogP contribution is 2.29. The Kier molecular flexibility index (Phi) is 7.50. The number of nitrogens with zero attached hydrogens (tertiary/aromatic N) is 2. The van der Waals surface area contributed by atoms with E-state index in [-0.39, 0.29) is 12.0 Å². The van der Waals surface area contributed by atoms with Gasteiger partial charge in [-0.2, -0.15) is 0 Å². The molecule has 1 amide bonds. The van der Waals surface area contributed by atoms with E-state index in [9.17, 15) is 4.79 Å². The van der Waals surface area contributed by atoms with Gasteiger partial charge in [0.2, 0.25) is 5.91 Å². The minimum atomic E-state index is -0.0573. The number of rotatable bonds is 8. The molecule has 0 fully saturated rings. The van der Waals surface area contributed by atoms with E-state index in [1.807, 2.05) is 63.2 Å². The zero-order valence-corrected chi connectivity index (χ0v) is 17.6.